The van der Waals surface area contributed by atoms with Crippen LogP contribution in [0.2, 0.25) is 0 Å². The molecule has 0 heterocycles. The number of hydrogen-bond donors (Lipinski definition) is 2. The van der Waals surface area contributed by atoms with Gasteiger partial charge in [-0.1, -0.05) is 13.8 Å². The van der Waals surface area contributed by atoms with E-state index >= 15 is 0 Å². The molecule has 0 fully saturated rings. The van der Waals surface area contributed by atoms with Crippen molar-refractivity contribution in [1.29, 1.82) is 0 Å². The SMILES string of the molecule is Cc1cc(N)c(C)c(S(=O)(=O)NC(C)CC(C)C)c1. The van der Waals surface area contributed by atoms with Crippen LogP contribution in [0.25, 0.3) is 0 Å². The van der Waals surface area contributed by atoms with Gasteiger partial charge in [-0.15, -0.1) is 0 Å². The Morgan fingerprint density at radius 2 is 1.79 bits per heavy atom. The van der Waals surface area contributed by atoms with Gasteiger partial charge < -0.3 is 5.73 Å². The molecule has 1 aromatic rings. The average molecular weight is 284 g/mol. The summed E-state index contributed by atoms with van der Waals surface area (Å²) in [5.41, 5.74) is 7.80. The normalized spacial score (nSPS) is 13.8. The highest BCUT2D eigenvalue weighted by Gasteiger charge is 2.21. The molecule has 0 aliphatic heterocycles. The van der Waals surface area contributed by atoms with Gasteiger partial charge in [-0.3, -0.25) is 0 Å². The molecular formula is C14H24N2O2S. The second-order valence-electron chi connectivity index (χ2n) is 5.63. The summed E-state index contributed by atoms with van der Waals surface area (Å²) in [5.74, 6) is 0.446. The molecular weight excluding hydrogens is 260 g/mol. The summed E-state index contributed by atoms with van der Waals surface area (Å²) in [4.78, 5) is 0.278. The van der Waals surface area contributed by atoms with Crippen molar-refractivity contribution in [2.24, 2.45) is 5.92 Å². The maximum absolute atomic E-state index is 12.4. The van der Waals surface area contributed by atoms with E-state index in [1.54, 1.807) is 19.1 Å². The minimum absolute atomic E-state index is 0.0915. The van der Waals surface area contributed by atoms with Crippen LogP contribution in [-0.4, -0.2) is 14.5 Å². The number of benzene rings is 1. The highest BCUT2D eigenvalue weighted by Crippen LogP contribution is 2.23. The Bertz CT molecular complexity index is 551. The molecule has 3 N–H and O–H groups in total. The van der Waals surface area contributed by atoms with E-state index in [1.165, 1.54) is 0 Å². The molecule has 0 radical (unpaired) electrons. The van der Waals surface area contributed by atoms with E-state index in [0.717, 1.165) is 12.0 Å². The van der Waals surface area contributed by atoms with Gasteiger partial charge in [0.15, 0.2) is 0 Å². The fourth-order valence-corrected chi connectivity index (χ4v) is 3.83. The number of nitrogens with two attached hydrogens (primary N) is 1. The molecule has 0 aromatic heterocycles. The first-order valence-electron chi connectivity index (χ1n) is 6.52. The van der Waals surface area contributed by atoms with Gasteiger partial charge in [0.25, 0.3) is 0 Å². The lowest BCUT2D eigenvalue weighted by molar-refractivity contribution is 0.482. The van der Waals surface area contributed by atoms with Crippen LogP contribution in [0.15, 0.2) is 17.0 Å². The second-order valence-corrected chi connectivity index (χ2v) is 7.31. The summed E-state index contributed by atoms with van der Waals surface area (Å²) in [6.07, 6.45) is 0.805. The largest absolute Gasteiger partial charge is 0.398 e. The Morgan fingerprint density at radius 3 is 2.32 bits per heavy atom. The van der Waals surface area contributed by atoms with Crippen LogP contribution >= 0.6 is 0 Å². The first kappa shape index (κ1) is 16.0. The van der Waals surface area contributed by atoms with Crippen LogP contribution in [0.4, 0.5) is 5.69 Å². The lowest BCUT2D eigenvalue weighted by Gasteiger charge is -2.18. The predicted octanol–water partition coefficient (Wildman–Crippen LogP) is 2.60. The number of hydrogen-bond acceptors (Lipinski definition) is 3. The number of nitrogens with one attached hydrogen (secondary N) is 1. The number of nitrogen functional groups attached to an aromatic ring is 1. The molecule has 19 heavy (non-hydrogen) atoms. The van der Waals surface area contributed by atoms with Crippen molar-refractivity contribution in [3.63, 3.8) is 0 Å². The number of anilines is 1. The lowest BCUT2D eigenvalue weighted by Crippen LogP contribution is -2.34. The van der Waals surface area contributed by atoms with Crippen molar-refractivity contribution in [3.05, 3.63) is 23.3 Å². The number of sulfonamides is 1. The third-order valence-corrected chi connectivity index (χ3v) is 4.73. The van der Waals surface area contributed by atoms with Gasteiger partial charge in [-0.25, -0.2) is 13.1 Å². The van der Waals surface area contributed by atoms with Gasteiger partial charge in [0.2, 0.25) is 10.0 Å². The molecule has 0 aliphatic carbocycles. The first-order chi connectivity index (χ1) is 8.63. The average Bonchev–Trinajstić information content (AvgIpc) is 2.20. The van der Waals surface area contributed by atoms with E-state index in [2.05, 4.69) is 18.6 Å². The molecule has 4 nitrogen and oxygen atoms in total. The molecule has 1 unspecified atom stereocenters. The van der Waals surface area contributed by atoms with Crippen LogP contribution in [0.1, 0.15) is 38.3 Å². The van der Waals surface area contributed by atoms with Crippen LogP contribution in [0.3, 0.4) is 0 Å². The maximum atomic E-state index is 12.4. The maximum Gasteiger partial charge on any atom is 0.241 e. The minimum atomic E-state index is -3.51. The molecule has 0 amide bonds. The zero-order valence-electron chi connectivity index (χ0n) is 12.3. The highest BCUT2D eigenvalue weighted by atomic mass is 32.2. The highest BCUT2D eigenvalue weighted by molar-refractivity contribution is 7.89. The molecule has 0 bridgehead atoms. The zero-order chi connectivity index (χ0) is 14.8. The van der Waals surface area contributed by atoms with Crippen molar-refractivity contribution < 1.29 is 8.42 Å². The second kappa shape index (κ2) is 5.92. The number of rotatable bonds is 5. The topological polar surface area (TPSA) is 72.2 Å². The van der Waals surface area contributed by atoms with Gasteiger partial charge in [0.1, 0.15) is 0 Å². The Morgan fingerprint density at radius 1 is 1.21 bits per heavy atom. The summed E-state index contributed by atoms with van der Waals surface area (Å²) in [5, 5.41) is 0. The van der Waals surface area contributed by atoms with E-state index in [4.69, 9.17) is 5.73 Å². The van der Waals surface area contributed by atoms with E-state index < -0.39 is 10.0 Å². The van der Waals surface area contributed by atoms with Gasteiger partial charge in [0, 0.05) is 11.7 Å². The summed E-state index contributed by atoms with van der Waals surface area (Å²) in [6.45, 7) is 9.59. The van der Waals surface area contributed by atoms with Gasteiger partial charge in [0.05, 0.1) is 4.90 Å². The summed E-state index contributed by atoms with van der Waals surface area (Å²) >= 11 is 0. The fraction of sp³-hybridized carbons (Fsp3) is 0.571. The van der Waals surface area contributed by atoms with Crippen molar-refractivity contribution in [1.82, 2.24) is 4.72 Å². The Hall–Kier alpha value is -1.07. The molecule has 1 rings (SSSR count). The molecule has 5 heteroatoms. The molecule has 108 valence electrons. The van der Waals surface area contributed by atoms with Crippen molar-refractivity contribution in [3.8, 4) is 0 Å². The van der Waals surface area contributed by atoms with Crippen molar-refractivity contribution >= 4 is 15.7 Å². The third-order valence-electron chi connectivity index (χ3n) is 3.02. The van der Waals surface area contributed by atoms with E-state index in [0.29, 0.717) is 17.2 Å². The predicted molar refractivity (Wildman–Crippen MR) is 79.6 cm³/mol. The molecule has 0 spiro atoms. The van der Waals surface area contributed by atoms with Gasteiger partial charge in [-0.05, 0) is 56.4 Å². The summed E-state index contributed by atoms with van der Waals surface area (Å²) in [6, 6.07) is 3.35. The van der Waals surface area contributed by atoms with E-state index in [1.807, 2.05) is 13.8 Å². The van der Waals surface area contributed by atoms with Crippen LogP contribution in [-0.2, 0) is 10.0 Å². The summed E-state index contributed by atoms with van der Waals surface area (Å²) in [7, 11) is -3.51. The fourth-order valence-electron chi connectivity index (χ4n) is 2.22. The monoisotopic (exact) mass is 284 g/mol. The van der Waals surface area contributed by atoms with Crippen molar-refractivity contribution in [2.75, 3.05) is 5.73 Å². The van der Waals surface area contributed by atoms with Crippen LogP contribution in [0.5, 0.6) is 0 Å². The van der Waals surface area contributed by atoms with E-state index in [-0.39, 0.29) is 10.9 Å². The summed E-state index contributed by atoms with van der Waals surface area (Å²) < 4.78 is 27.5. The van der Waals surface area contributed by atoms with E-state index in [9.17, 15) is 8.42 Å². The zero-order valence-corrected chi connectivity index (χ0v) is 13.1. The van der Waals surface area contributed by atoms with Gasteiger partial charge >= 0.3 is 0 Å². The minimum Gasteiger partial charge on any atom is -0.398 e. The molecule has 0 saturated carbocycles. The Balaban J connectivity index is 3.07. The molecule has 0 saturated heterocycles. The van der Waals surface area contributed by atoms with Gasteiger partial charge in [-0.2, -0.15) is 0 Å². The molecule has 1 atom stereocenters. The molecule has 1 aromatic carbocycles. The van der Waals surface area contributed by atoms with Crippen LogP contribution < -0.4 is 10.5 Å². The van der Waals surface area contributed by atoms with Crippen molar-refractivity contribution in [2.45, 2.75) is 52.0 Å². The Kier molecular flexibility index (Phi) is 4.98. The standard InChI is InChI=1S/C14H24N2O2S/c1-9(2)6-11(4)16-19(17,18)14-8-10(3)7-13(15)12(14)5/h7-9,11,16H,6,15H2,1-5H3. The Labute approximate surface area is 116 Å². The molecule has 0 aliphatic rings. The lowest BCUT2D eigenvalue weighted by atomic mass is 10.1. The smallest absolute Gasteiger partial charge is 0.241 e. The third kappa shape index (κ3) is 4.21. The first-order valence-corrected chi connectivity index (χ1v) is 8.01. The number of aryl methyl sites for hydroxylation is 1. The quantitative estimate of drug-likeness (QED) is 0.816. The van der Waals surface area contributed by atoms with Crippen LogP contribution in [0, 0.1) is 19.8 Å².